The molecule has 7 nitrogen and oxygen atoms in total. The molecule has 3 aromatic rings. The fourth-order valence-electron chi connectivity index (χ4n) is 3.07. The summed E-state index contributed by atoms with van der Waals surface area (Å²) in [6.45, 7) is 2.38. The highest BCUT2D eigenvalue weighted by atomic mass is 19.2. The first-order valence-electron chi connectivity index (χ1n) is 8.15. The molecule has 1 aromatic carbocycles. The van der Waals surface area contributed by atoms with E-state index in [1.807, 2.05) is 12.1 Å². The number of nitrogens with one attached hydrogen (secondary N) is 1. The molecule has 0 atom stereocenters. The van der Waals surface area contributed by atoms with Gasteiger partial charge in [-0.05, 0) is 53.1 Å². The van der Waals surface area contributed by atoms with Crippen LogP contribution in [0.4, 0.5) is 14.6 Å². The Kier molecular flexibility index (Phi) is 4.22. The molecule has 0 aliphatic carbocycles. The minimum atomic E-state index is -0.807. The number of nitrogens with zero attached hydrogens (tertiary/aromatic N) is 6. The Bertz CT molecular complexity index is 874. The molecule has 1 aliphatic rings. The lowest BCUT2D eigenvalue weighted by Crippen LogP contribution is -2.38. The van der Waals surface area contributed by atoms with Crippen molar-refractivity contribution in [1.82, 2.24) is 30.2 Å². The molecular formula is C16H17F2N7. The smallest absolute Gasteiger partial charge is 0.200 e. The first-order valence-corrected chi connectivity index (χ1v) is 8.15. The second kappa shape index (κ2) is 6.67. The molecule has 1 fully saturated rings. The number of halogens is 2. The Morgan fingerprint density at radius 3 is 2.72 bits per heavy atom. The Hall–Kier alpha value is -2.68. The van der Waals surface area contributed by atoms with Gasteiger partial charge < -0.3 is 5.32 Å². The third-order valence-corrected chi connectivity index (χ3v) is 4.40. The van der Waals surface area contributed by atoms with Crippen LogP contribution in [0.1, 0.15) is 18.4 Å². The molecule has 0 radical (unpaired) electrons. The standard InChI is InChI=1S/C16H17F2N7/c17-13-2-1-11(9-14(13)18)10-24-7-5-12(6-8-24)19-15-3-4-16-20-22-23-25(16)21-15/h1-4,9,12H,5-8,10H2,(H,19,21). The van der Waals surface area contributed by atoms with Crippen LogP contribution in [0.5, 0.6) is 0 Å². The van der Waals surface area contributed by atoms with Gasteiger partial charge in [-0.15, -0.1) is 14.8 Å². The zero-order valence-electron chi connectivity index (χ0n) is 13.4. The van der Waals surface area contributed by atoms with Gasteiger partial charge in [0.05, 0.1) is 0 Å². The van der Waals surface area contributed by atoms with Crippen LogP contribution in [-0.4, -0.2) is 49.3 Å². The molecule has 0 bridgehead atoms. The Morgan fingerprint density at radius 1 is 1.08 bits per heavy atom. The average Bonchev–Trinajstić information content (AvgIpc) is 3.08. The summed E-state index contributed by atoms with van der Waals surface area (Å²) in [5.41, 5.74) is 1.39. The zero-order chi connectivity index (χ0) is 17.2. The van der Waals surface area contributed by atoms with Gasteiger partial charge in [-0.1, -0.05) is 6.07 Å². The third-order valence-electron chi connectivity index (χ3n) is 4.40. The maximum absolute atomic E-state index is 13.3. The quantitative estimate of drug-likeness (QED) is 0.778. The van der Waals surface area contributed by atoms with Crippen molar-refractivity contribution in [1.29, 1.82) is 0 Å². The number of anilines is 1. The first kappa shape index (κ1) is 15.8. The van der Waals surface area contributed by atoms with Gasteiger partial charge in [0, 0.05) is 25.7 Å². The van der Waals surface area contributed by atoms with E-state index in [1.165, 1.54) is 16.8 Å². The van der Waals surface area contributed by atoms with Crippen molar-refractivity contribution >= 4 is 11.5 Å². The second-order valence-electron chi connectivity index (χ2n) is 6.19. The highest BCUT2D eigenvalue weighted by molar-refractivity contribution is 5.42. The van der Waals surface area contributed by atoms with Crippen molar-refractivity contribution in [3.05, 3.63) is 47.5 Å². The van der Waals surface area contributed by atoms with Crippen LogP contribution >= 0.6 is 0 Å². The van der Waals surface area contributed by atoms with E-state index in [-0.39, 0.29) is 0 Å². The van der Waals surface area contributed by atoms with E-state index in [2.05, 4.69) is 30.8 Å². The number of hydrogen-bond acceptors (Lipinski definition) is 6. The van der Waals surface area contributed by atoms with Crippen molar-refractivity contribution in [2.75, 3.05) is 18.4 Å². The number of piperidine rings is 1. The van der Waals surface area contributed by atoms with Crippen LogP contribution in [0.25, 0.3) is 5.65 Å². The maximum Gasteiger partial charge on any atom is 0.200 e. The summed E-state index contributed by atoms with van der Waals surface area (Å²) < 4.78 is 27.7. The van der Waals surface area contributed by atoms with E-state index < -0.39 is 11.6 Å². The molecule has 130 valence electrons. The summed E-state index contributed by atoms with van der Waals surface area (Å²) in [5, 5.41) is 18.9. The number of likely N-dealkylation sites (tertiary alicyclic amines) is 1. The molecule has 0 amide bonds. The molecule has 25 heavy (non-hydrogen) atoms. The van der Waals surface area contributed by atoms with Crippen LogP contribution in [-0.2, 0) is 6.54 Å². The predicted molar refractivity (Wildman–Crippen MR) is 86.9 cm³/mol. The Balaban J connectivity index is 1.32. The highest BCUT2D eigenvalue weighted by Crippen LogP contribution is 2.18. The van der Waals surface area contributed by atoms with E-state index >= 15 is 0 Å². The minimum absolute atomic E-state index is 0.308. The Labute approximate surface area is 142 Å². The molecule has 1 saturated heterocycles. The van der Waals surface area contributed by atoms with Crippen LogP contribution < -0.4 is 5.32 Å². The number of aromatic nitrogens is 5. The lowest BCUT2D eigenvalue weighted by Gasteiger charge is -2.32. The Morgan fingerprint density at radius 2 is 1.92 bits per heavy atom. The molecule has 1 N–H and O–H groups in total. The average molecular weight is 345 g/mol. The van der Waals surface area contributed by atoms with Crippen LogP contribution in [0.2, 0.25) is 0 Å². The lowest BCUT2D eigenvalue weighted by molar-refractivity contribution is 0.211. The topological polar surface area (TPSA) is 71.2 Å². The number of fused-ring (bicyclic) bond motifs is 1. The van der Waals surface area contributed by atoms with E-state index in [1.54, 1.807) is 6.07 Å². The largest absolute Gasteiger partial charge is 0.366 e. The summed E-state index contributed by atoms with van der Waals surface area (Å²) in [4.78, 5) is 2.24. The maximum atomic E-state index is 13.3. The second-order valence-corrected chi connectivity index (χ2v) is 6.19. The molecule has 0 saturated carbocycles. The molecular weight excluding hydrogens is 328 g/mol. The van der Waals surface area contributed by atoms with Crippen molar-refractivity contribution in [3.8, 4) is 0 Å². The predicted octanol–water partition coefficient (Wildman–Crippen LogP) is 1.87. The normalized spacial score (nSPS) is 16.4. The molecule has 9 heteroatoms. The SMILES string of the molecule is Fc1ccc(CN2CCC(Nc3ccc4nnnn4n3)CC2)cc1F. The first-order chi connectivity index (χ1) is 12.2. The van der Waals surface area contributed by atoms with Crippen molar-refractivity contribution < 1.29 is 8.78 Å². The zero-order valence-corrected chi connectivity index (χ0v) is 13.4. The number of benzene rings is 1. The van der Waals surface area contributed by atoms with Gasteiger partial charge in [-0.25, -0.2) is 8.78 Å². The molecule has 4 rings (SSSR count). The van der Waals surface area contributed by atoms with Crippen molar-refractivity contribution in [2.24, 2.45) is 0 Å². The fraction of sp³-hybridized carbons (Fsp3) is 0.375. The molecule has 0 unspecified atom stereocenters. The van der Waals surface area contributed by atoms with Crippen molar-refractivity contribution in [2.45, 2.75) is 25.4 Å². The van der Waals surface area contributed by atoms with Crippen molar-refractivity contribution in [3.63, 3.8) is 0 Å². The summed E-state index contributed by atoms with van der Waals surface area (Å²) in [6, 6.07) is 8.06. The molecule has 3 heterocycles. The van der Waals surface area contributed by atoms with Gasteiger partial charge in [0.2, 0.25) is 0 Å². The molecule has 1 aliphatic heterocycles. The monoisotopic (exact) mass is 345 g/mol. The lowest BCUT2D eigenvalue weighted by atomic mass is 10.0. The van der Waals surface area contributed by atoms with Gasteiger partial charge in [-0.2, -0.15) is 0 Å². The molecule has 0 spiro atoms. The summed E-state index contributed by atoms with van der Waals surface area (Å²) in [6.07, 6.45) is 1.89. The molecule has 2 aromatic heterocycles. The van der Waals surface area contributed by atoms with Crippen LogP contribution in [0.15, 0.2) is 30.3 Å². The van der Waals surface area contributed by atoms with Gasteiger partial charge >= 0.3 is 0 Å². The summed E-state index contributed by atoms with van der Waals surface area (Å²) >= 11 is 0. The van der Waals surface area contributed by atoms with Gasteiger partial charge in [0.15, 0.2) is 17.3 Å². The highest BCUT2D eigenvalue weighted by Gasteiger charge is 2.20. The fourth-order valence-corrected chi connectivity index (χ4v) is 3.07. The number of rotatable bonds is 4. The van der Waals surface area contributed by atoms with Crippen LogP contribution in [0.3, 0.4) is 0 Å². The van der Waals surface area contributed by atoms with Gasteiger partial charge in [-0.3, -0.25) is 4.90 Å². The summed E-state index contributed by atoms with van der Waals surface area (Å²) in [5.74, 6) is -0.865. The minimum Gasteiger partial charge on any atom is -0.366 e. The van der Waals surface area contributed by atoms with E-state index in [9.17, 15) is 8.78 Å². The van der Waals surface area contributed by atoms with Gasteiger partial charge in [0.1, 0.15) is 5.82 Å². The van der Waals surface area contributed by atoms with E-state index in [0.29, 0.717) is 18.2 Å². The number of hydrogen-bond donors (Lipinski definition) is 1. The van der Waals surface area contributed by atoms with E-state index in [4.69, 9.17) is 0 Å². The summed E-state index contributed by atoms with van der Waals surface area (Å²) in [7, 11) is 0. The van der Waals surface area contributed by atoms with Gasteiger partial charge in [0.25, 0.3) is 0 Å². The van der Waals surface area contributed by atoms with E-state index in [0.717, 1.165) is 37.3 Å². The van der Waals surface area contributed by atoms with Crippen LogP contribution in [0, 0.1) is 11.6 Å². The number of tetrazole rings is 1. The third kappa shape index (κ3) is 3.55.